The predicted octanol–water partition coefficient (Wildman–Crippen LogP) is 4.10. The molecule has 0 spiro atoms. The van der Waals surface area contributed by atoms with E-state index in [1.54, 1.807) is 0 Å². The number of morpholine rings is 1. The van der Waals surface area contributed by atoms with Crippen LogP contribution in [0, 0.1) is 5.92 Å². The molecule has 3 aliphatic rings. The van der Waals surface area contributed by atoms with Crippen LogP contribution in [0.4, 0.5) is 0 Å². The van der Waals surface area contributed by atoms with Gasteiger partial charge in [0.25, 0.3) is 5.91 Å². The molecule has 1 aliphatic carbocycles. The maximum Gasteiger partial charge on any atom is 0.274 e. The first-order chi connectivity index (χ1) is 16.1. The van der Waals surface area contributed by atoms with E-state index in [-0.39, 0.29) is 5.91 Å². The molecule has 0 radical (unpaired) electrons. The summed E-state index contributed by atoms with van der Waals surface area (Å²) < 4.78 is 7.93. The van der Waals surface area contributed by atoms with Crippen molar-refractivity contribution in [1.29, 1.82) is 0 Å². The summed E-state index contributed by atoms with van der Waals surface area (Å²) in [4.78, 5) is 18.3. The highest BCUT2D eigenvalue weighted by molar-refractivity contribution is 5.94. The van der Waals surface area contributed by atoms with Gasteiger partial charge in [-0.05, 0) is 70.4 Å². The Kier molecular flexibility index (Phi) is 6.84. The minimum absolute atomic E-state index is 0.134. The highest BCUT2D eigenvalue weighted by atomic mass is 16.5. The van der Waals surface area contributed by atoms with E-state index in [2.05, 4.69) is 35.8 Å². The molecule has 2 fully saturated rings. The van der Waals surface area contributed by atoms with Crippen LogP contribution in [-0.2, 0) is 17.6 Å². The number of amides is 1. The molecule has 1 aromatic carbocycles. The van der Waals surface area contributed by atoms with E-state index < -0.39 is 0 Å². The fraction of sp³-hybridized carbons (Fsp3) is 0.630. The lowest BCUT2D eigenvalue weighted by Gasteiger charge is -2.39. The molecule has 5 rings (SSSR count). The van der Waals surface area contributed by atoms with Gasteiger partial charge in [-0.3, -0.25) is 9.69 Å². The summed E-state index contributed by atoms with van der Waals surface area (Å²) in [6, 6.07) is 10.3. The number of fused-ring (bicyclic) bond motifs is 1. The molecule has 0 N–H and O–H groups in total. The van der Waals surface area contributed by atoms with Crippen LogP contribution in [0.1, 0.15) is 67.7 Å². The Balaban J connectivity index is 1.28. The number of nitrogens with zero attached hydrogens (tertiary/aromatic N) is 4. The van der Waals surface area contributed by atoms with Crippen LogP contribution < -0.4 is 0 Å². The van der Waals surface area contributed by atoms with E-state index in [4.69, 9.17) is 9.84 Å². The van der Waals surface area contributed by atoms with Crippen molar-refractivity contribution in [1.82, 2.24) is 19.6 Å². The van der Waals surface area contributed by atoms with Crippen molar-refractivity contribution in [3.63, 3.8) is 0 Å². The second-order valence-electron chi connectivity index (χ2n) is 10.3. The Bertz CT molecular complexity index is 939. The Morgan fingerprint density at radius 3 is 2.42 bits per heavy atom. The van der Waals surface area contributed by atoms with Crippen molar-refractivity contribution < 1.29 is 9.53 Å². The molecule has 0 bridgehead atoms. The standard InChI is InChI=1S/C27H38N4O2/c1-20-17-29(18-21(2)33-20)19-22-13-15-30(16-14-22)27(32)26-24-11-7-4-8-12-25(24)31(28-26)23-9-5-3-6-10-23/h3,5-6,9-10,20-22H,4,7-8,11-19H2,1-2H3. The topological polar surface area (TPSA) is 50.6 Å². The minimum atomic E-state index is 0.134. The second-order valence-corrected chi connectivity index (χ2v) is 10.3. The molecule has 1 amide bonds. The van der Waals surface area contributed by atoms with Crippen LogP contribution in [0.3, 0.4) is 0 Å². The van der Waals surface area contributed by atoms with Gasteiger partial charge >= 0.3 is 0 Å². The molecule has 2 aliphatic heterocycles. The van der Waals surface area contributed by atoms with Gasteiger partial charge in [-0.2, -0.15) is 5.10 Å². The van der Waals surface area contributed by atoms with Gasteiger partial charge in [-0.15, -0.1) is 0 Å². The molecule has 2 atom stereocenters. The molecule has 6 nitrogen and oxygen atoms in total. The average Bonchev–Trinajstić information content (AvgIpc) is 3.00. The van der Waals surface area contributed by atoms with Crippen molar-refractivity contribution in [3.05, 3.63) is 47.3 Å². The monoisotopic (exact) mass is 450 g/mol. The van der Waals surface area contributed by atoms with E-state index in [9.17, 15) is 4.79 Å². The molecule has 2 unspecified atom stereocenters. The third-order valence-electron chi connectivity index (χ3n) is 7.55. The first-order valence-corrected chi connectivity index (χ1v) is 12.9. The van der Waals surface area contributed by atoms with Crippen LogP contribution in [0.2, 0.25) is 0 Å². The molecule has 2 aromatic rings. The minimum Gasteiger partial charge on any atom is -0.373 e. The van der Waals surface area contributed by atoms with Gasteiger partial charge in [-0.25, -0.2) is 4.68 Å². The maximum absolute atomic E-state index is 13.6. The summed E-state index contributed by atoms with van der Waals surface area (Å²) >= 11 is 0. The summed E-state index contributed by atoms with van der Waals surface area (Å²) in [6.45, 7) is 9.18. The number of piperidine rings is 1. The zero-order valence-corrected chi connectivity index (χ0v) is 20.2. The lowest BCUT2D eigenvalue weighted by Crippen LogP contribution is -2.48. The third-order valence-corrected chi connectivity index (χ3v) is 7.55. The molecule has 6 heteroatoms. The highest BCUT2D eigenvalue weighted by Gasteiger charge is 2.31. The van der Waals surface area contributed by atoms with Gasteiger partial charge in [0, 0.05) is 44.0 Å². The average molecular weight is 451 g/mol. The van der Waals surface area contributed by atoms with Crippen LogP contribution in [-0.4, -0.2) is 70.4 Å². The lowest BCUT2D eigenvalue weighted by atomic mass is 9.95. The smallest absolute Gasteiger partial charge is 0.274 e. The molecule has 0 saturated carbocycles. The van der Waals surface area contributed by atoms with Gasteiger partial charge in [-0.1, -0.05) is 24.6 Å². The molecular weight excluding hydrogens is 412 g/mol. The summed E-state index contributed by atoms with van der Waals surface area (Å²) in [7, 11) is 0. The van der Waals surface area contributed by atoms with Crippen molar-refractivity contribution in [2.75, 3.05) is 32.7 Å². The van der Waals surface area contributed by atoms with Gasteiger partial charge in [0.15, 0.2) is 5.69 Å². The molecule has 2 saturated heterocycles. The second kappa shape index (κ2) is 9.98. The summed E-state index contributed by atoms with van der Waals surface area (Å²) in [5.41, 5.74) is 4.19. The molecular formula is C27H38N4O2. The fourth-order valence-electron chi connectivity index (χ4n) is 6.00. The van der Waals surface area contributed by atoms with E-state index in [1.165, 1.54) is 24.1 Å². The first-order valence-electron chi connectivity index (χ1n) is 12.9. The van der Waals surface area contributed by atoms with Gasteiger partial charge in [0.1, 0.15) is 0 Å². The number of hydrogen-bond donors (Lipinski definition) is 0. The van der Waals surface area contributed by atoms with Crippen LogP contribution in [0.15, 0.2) is 30.3 Å². The van der Waals surface area contributed by atoms with E-state index in [1.807, 2.05) is 22.9 Å². The zero-order chi connectivity index (χ0) is 22.8. The molecule has 178 valence electrons. The van der Waals surface area contributed by atoms with Gasteiger partial charge in [0.05, 0.1) is 17.9 Å². The number of hydrogen-bond acceptors (Lipinski definition) is 4. The Labute approximate surface area is 197 Å². The number of carbonyl (C=O) groups is 1. The Hall–Kier alpha value is -2.18. The van der Waals surface area contributed by atoms with Crippen LogP contribution in [0.5, 0.6) is 0 Å². The number of para-hydroxylation sites is 1. The number of ether oxygens (including phenoxy) is 1. The first kappa shape index (κ1) is 22.6. The van der Waals surface area contributed by atoms with E-state index >= 15 is 0 Å². The summed E-state index contributed by atoms with van der Waals surface area (Å²) in [6.07, 6.45) is 8.28. The van der Waals surface area contributed by atoms with Crippen molar-refractivity contribution >= 4 is 5.91 Å². The number of likely N-dealkylation sites (tertiary alicyclic amines) is 1. The van der Waals surface area contributed by atoms with Crippen LogP contribution in [0.25, 0.3) is 5.69 Å². The van der Waals surface area contributed by atoms with Crippen molar-refractivity contribution in [2.45, 2.75) is 71.0 Å². The van der Waals surface area contributed by atoms with Crippen LogP contribution >= 0.6 is 0 Å². The quantitative estimate of drug-likeness (QED) is 0.658. The molecule has 3 heterocycles. The molecule has 1 aromatic heterocycles. The summed E-state index contributed by atoms with van der Waals surface area (Å²) in [5, 5.41) is 4.91. The summed E-state index contributed by atoms with van der Waals surface area (Å²) in [5.74, 6) is 0.792. The fourth-order valence-corrected chi connectivity index (χ4v) is 6.00. The predicted molar refractivity (Wildman–Crippen MR) is 130 cm³/mol. The van der Waals surface area contributed by atoms with Gasteiger partial charge in [0.2, 0.25) is 0 Å². The highest BCUT2D eigenvalue weighted by Crippen LogP contribution is 2.29. The normalized spacial score (nSPS) is 25.0. The van der Waals surface area contributed by atoms with E-state index in [0.717, 1.165) is 70.5 Å². The Morgan fingerprint density at radius 1 is 1.00 bits per heavy atom. The number of carbonyl (C=O) groups excluding carboxylic acids is 1. The largest absolute Gasteiger partial charge is 0.373 e. The third kappa shape index (κ3) is 5.02. The number of rotatable bonds is 4. The van der Waals surface area contributed by atoms with Gasteiger partial charge < -0.3 is 9.64 Å². The number of benzene rings is 1. The molecule has 33 heavy (non-hydrogen) atoms. The van der Waals surface area contributed by atoms with E-state index in [0.29, 0.717) is 23.8 Å². The number of aromatic nitrogens is 2. The van der Waals surface area contributed by atoms with Crippen molar-refractivity contribution in [3.8, 4) is 5.69 Å². The zero-order valence-electron chi connectivity index (χ0n) is 20.2. The van der Waals surface area contributed by atoms with Crippen molar-refractivity contribution in [2.24, 2.45) is 5.92 Å². The SMILES string of the molecule is CC1CN(CC2CCN(C(=O)c3nn(-c4ccccc4)c4c3CCCCC4)CC2)CC(C)O1. The Morgan fingerprint density at radius 2 is 1.70 bits per heavy atom. The lowest BCUT2D eigenvalue weighted by molar-refractivity contribution is -0.0728. The maximum atomic E-state index is 13.6.